The molecule has 0 bridgehead atoms. The Hall–Kier alpha value is -2.86. The van der Waals surface area contributed by atoms with Crippen LogP contribution in [0, 0.1) is 6.92 Å². The molecule has 0 radical (unpaired) electrons. The van der Waals surface area contributed by atoms with E-state index in [0.29, 0.717) is 6.54 Å². The number of benzene rings is 1. The summed E-state index contributed by atoms with van der Waals surface area (Å²) in [5.74, 6) is 1.60. The van der Waals surface area contributed by atoms with Crippen molar-refractivity contribution < 1.29 is 0 Å². The minimum absolute atomic E-state index is 0.670. The molecule has 0 atom stereocenters. The Labute approximate surface area is 156 Å². The van der Waals surface area contributed by atoms with Crippen LogP contribution < -0.4 is 0 Å². The minimum atomic E-state index is 0.670. The van der Waals surface area contributed by atoms with Crippen LogP contribution in [0.4, 0.5) is 0 Å². The van der Waals surface area contributed by atoms with Crippen LogP contribution in [-0.2, 0) is 12.3 Å². The first-order valence-electron chi connectivity index (χ1n) is 8.42. The normalized spacial score (nSPS) is 11.1. The van der Waals surface area contributed by atoms with Crippen LogP contribution in [-0.4, -0.2) is 24.1 Å². The molecule has 3 aromatic heterocycles. The second kappa shape index (κ2) is 7.17. The standard InChI is InChI=1S/C20H19N5S/c1-3-11-25-19(16-9-5-4-6-10-16)22-23-20(25)26-14-17-13-24-12-7-8-15(2)18(24)21-17/h3-10,12-13H,1,11,14H2,2H3. The number of pyridine rings is 1. The number of thioether (sulfide) groups is 1. The van der Waals surface area contributed by atoms with Gasteiger partial charge in [0.25, 0.3) is 0 Å². The number of fused-ring (bicyclic) bond motifs is 1. The van der Waals surface area contributed by atoms with Gasteiger partial charge in [-0.15, -0.1) is 16.8 Å². The number of rotatable bonds is 6. The molecule has 26 heavy (non-hydrogen) atoms. The molecule has 0 N–H and O–H groups in total. The molecule has 0 saturated heterocycles. The van der Waals surface area contributed by atoms with E-state index in [4.69, 9.17) is 4.98 Å². The SMILES string of the molecule is C=CCn1c(SCc2cn3cccc(C)c3n2)nnc1-c1ccccc1. The molecule has 0 spiro atoms. The highest BCUT2D eigenvalue weighted by atomic mass is 32.2. The summed E-state index contributed by atoms with van der Waals surface area (Å²) in [6, 6.07) is 14.2. The quantitative estimate of drug-likeness (QED) is 0.378. The van der Waals surface area contributed by atoms with Crippen LogP contribution in [0.3, 0.4) is 0 Å². The fourth-order valence-corrected chi connectivity index (χ4v) is 3.73. The predicted octanol–water partition coefficient (Wildman–Crippen LogP) is 4.38. The zero-order chi connectivity index (χ0) is 17.9. The highest BCUT2D eigenvalue weighted by Crippen LogP contribution is 2.26. The predicted molar refractivity (Wildman–Crippen MR) is 105 cm³/mol. The van der Waals surface area contributed by atoms with Crippen molar-refractivity contribution in [2.75, 3.05) is 0 Å². The highest BCUT2D eigenvalue weighted by Gasteiger charge is 2.14. The lowest BCUT2D eigenvalue weighted by Crippen LogP contribution is -2.00. The third-order valence-corrected chi connectivity index (χ3v) is 5.14. The van der Waals surface area contributed by atoms with Crippen LogP contribution in [0.2, 0.25) is 0 Å². The number of hydrogen-bond donors (Lipinski definition) is 0. The second-order valence-corrected chi connectivity index (χ2v) is 6.96. The average Bonchev–Trinajstić information content (AvgIpc) is 3.26. The van der Waals surface area contributed by atoms with Gasteiger partial charge in [0.05, 0.1) is 5.69 Å². The molecule has 0 aliphatic heterocycles. The summed E-state index contributed by atoms with van der Waals surface area (Å²) in [4.78, 5) is 4.73. The van der Waals surface area contributed by atoms with Crippen LogP contribution in [0.1, 0.15) is 11.3 Å². The largest absolute Gasteiger partial charge is 0.307 e. The molecule has 1 aromatic carbocycles. The molecule has 130 valence electrons. The summed E-state index contributed by atoms with van der Waals surface area (Å²) in [5.41, 5.74) is 4.25. The van der Waals surface area contributed by atoms with Crippen molar-refractivity contribution in [3.63, 3.8) is 0 Å². The summed E-state index contributed by atoms with van der Waals surface area (Å²) in [5, 5.41) is 9.66. The van der Waals surface area contributed by atoms with E-state index in [1.165, 1.54) is 5.56 Å². The van der Waals surface area contributed by atoms with Gasteiger partial charge < -0.3 is 4.40 Å². The molecule has 3 heterocycles. The van der Waals surface area contributed by atoms with Crippen LogP contribution in [0.5, 0.6) is 0 Å². The van der Waals surface area contributed by atoms with E-state index in [1.807, 2.05) is 48.7 Å². The van der Waals surface area contributed by atoms with E-state index in [2.05, 4.69) is 44.9 Å². The summed E-state index contributed by atoms with van der Waals surface area (Å²) in [6.45, 7) is 6.61. The van der Waals surface area contributed by atoms with Gasteiger partial charge in [-0.2, -0.15) is 0 Å². The fourth-order valence-electron chi connectivity index (χ4n) is 2.90. The third kappa shape index (κ3) is 3.15. The Balaban J connectivity index is 1.60. The molecule has 6 heteroatoms. The Bertz CT molecular complexity index is 1050. The van der Waals surface area contributed by atoms with Crippen LogP contribution in [0.25, 0.3) is 17.0 Å². The van der Waals surface area contributed by atoms with Gasteiger partial charge in [-0.05, 0) is 18.6 Å². The first-order chi connectivity index (χ1) is 12.8. The highest BCUT2D eigenvalue weighted by molar-refractivity contribution is 7.98. The van der Waals surface area contributed by atoms with E-state index < -0.39 is 0 Å². The molecule has 0 saturated carbocycles. The molecular formula is C20H19N5S. The van der Waals surface area contributed by atoms with Gasteiger partial charge in [-0.1, -0.05) is 54.2 Å². The van der Waals surface area contributed by atoms with Crippen LogP contribution >= 0.6 is 11.8 Å². The maximum atomic E-state index is 4.73. The lowest BCUT2D eigenvalue weighted by atomic mass is 10.2. The first-order valence-corrected chi connectivity index (χ1v) is 9.40. The van der Waals surface area contributed by atoms with Crippen molar-refractivity contribution in [1.82, 2.24) is 24.1 Å². The average molecular weight is 361 g/mol. The molecule has 0 aliphatic carbocycles. The Morgan fingerprint density at radius 3 is 2.73 bits per heavy atom. The maximum Gasteiger partial charge on any atom is 0.192 e. The Morgan fingerprint density at radius 1 is 1.12 bits per heavy atom. The third-order valence-electron chi connectivity index (χ3n) is 4.14. The van der Waals surface area contributed by atoms with Gasteiger partial charge >= 0.3 is 0 Å². The van der Waals surface area contributed by atoms with Gasteiger partial charge in [0.1, 0.15) is 5.65 Å². The number of allylic oxidation sites excluding steroid dienone is 1. The molecule has 0 fully saturated rings. The lowest BCUT2D eigenvalue weighted by Gasteiger charge is -2.07. The van der Waals surface area contributed by atoms with Gasteiger partial charge in [0.15, 0.2) is 11.0 Å². The van der Waals surface area contributed by atoms with Gasteiger partial charge in [0.2, 0.25) is 0 Å². The van der Waals surface area contributed by atoms with Crippen molar-refractivity contribution in [1.29, 1.82) is 0 Å². The van der Waals surface area contributed by atoms with Crippen LogP contribution in [0.15, 0.2) is 72.7 Å². The van der Waals surface area contributed by atoms with E-state index in [9.17, 15) is 0 Å². The van der Waals surface area contributed by atoms with Crippen molar-refractivity contribution in [2.24, 2.45) is 0 Å². The first kappa shape index (κ1) is 16.6. The summed E-state index contributed by atoms with van der Waals surface area (Å²) < 4.78 is 4.16. The molecule has 4 rings (SSSR count). The van der Waals surface area contributed by atoms with Crippen molar-refractivity contribution in [3.8, 4) is 11.4 Å². The van der Waals surface area contributed by atoms with E-state index in [0.717, 1.165) is 33.6 Å². The lowest BCUT2D eigenvalue weighted by molar-refractivity contribution is 0.731. The summed E-state index contributed by atoms with van der Waals surface area (Å²) >= 11 is 1.64. The monoisotopic (exact) mass is 361 g/mol. The zero-order valence-electron chi connectivity index (χ0n) is 14.5. The van der Waals surface area contributed by atoms with Gasteiger partial charge in [-0.3, -0.25) is 4.57 Å². The molecule has 0 unspecified atom stereocenters. The Morgan fingerprint density at radius 2 is 1.96 bits per heavy atom. The van der Waals surface area contributed by atoms with Crippen molar-refractivity contribution in [3.05, 3.63) is 78.8 Å². The molecule has 4 aromatic rings. The minimum Gasteiger partial charge on any atom is -0.307 e. The number of nitrogens with zero attached hydrogens (tertiary/aromatic N) is 5. The molecular weight excluding hydrogens is 342 g/mol. The topological polar surface area (TPSA) is 48.0 Å². The van der Waals surface area contributed by atoms with E-state index in [1.54, 1.807) is 11.8 Å². The van der Waals surface area contributed by atoms with Gasteiger partial charge in [-0.25, -0.2) is 4.98 Å². The van der Waals surface area contributed by atoms with Gasteiger partial charge in [0, 0.05) is 30.3 Å². The number of aryl methyl sites for hydroxylation is 1. The molecule has 0 amide bonds. The van der Waals surface area contributed by atoms with E-state index in [-0.39, 0.29) is 0 Å². The second-order valence-electron chi connectivity index (χ2n) is 6.01. The van der Waals surface area contributed by atoms with E-state index >= 15 is 0 Å². The summed E-state index contributed by atoms with van der Waals surface area (Å²) in [7, 11) is 0. The van der Waals surface area contributed by atoms with Crippen molar-refractivity contribution in [2.45, 2.75) is 24.4 Å². The molecule has 0 aliphatic rings. The summed E-state index contributed by atoms with van der Waals surface area (Å²) in [6.07, 6.45) is 5.97. The van der Waals surface area contributed by atoms with Crippen molar-refractivity contribution >= 4 is 17.4 Å². The Kier molecular flexibility index (Phi) is 4.58. The molecule has 5 nitrogen and oxygen atoms in total. The number of aromatic nitrogens is 5. The maximum absolute atomic E-state index is 4.73. The smallest absolute Gasteiger partial charge is 0.192 e. The number of imidazole rings is 1. The fraction of sp³-hybridized carbons (Fsp3) is 0.150. The zero-order valence-corrected chi connectivity index (χ0v) is 15.4. The number of hydrogen-bond acceptors (Lipinski definition) is 4.